The van der Waals surface area contributed by atoms with Gasteiger partial charge in [-0.3, -0.25) is 15.5 Å². The first kappa shape index (κ1) is 15.5. The Morgan fingerprint density at radius 3 is 2.58 bits per heavy atom. The molecule has 4 N–H and O–H groups in total. The Kier molecular flexibility index (Phi) is 4.11. The Bertz CT molecular complexity index is 923. The van der Waals surface area contributed by atoms with Gasteiger partial charge in [-0.2, -0.15) is 0 Å². The first-order valence-electron chi connectivity index (χ1n) is 7.28. The van der Waals surface area contributed by atoms with Crippen molar-refractivity contribution >= 4 is 22.8 Å². The minimum absolute atomic E-state index is 0.382. The molecule has 6 heteroatoms. The summed E-state index contributed by atoms with van der Waals surface area (Å²) in [6.07, 6.45) is 0. The molecule has 2 aromatic carbocycles. The molecule has 0 aliphatic carbocycles. The summed E-state index contributed by atoms with van der Waals surface area (Å²) in [5.74, 6) is -0.247. The number of carbonyl (C=O) groups excluding carboxylic acids is 1. The standard InChI is InChI=1S/C18H16N4O2/c1-24-12-7-8-15-13(9-12)14(17(23)22-18(19)20)10-16(21-15)11-5-3-2-4-6-11/h2-10H,1H3,(H4,19,20,22,23). The van der Waals surface area contributed by atoms with E-state index in [1.54, 1.807) is 31.4 Å². The van der Waals surface area contributed by atoms with E-state index in [0.29, 0.717) is 27.9 Å². The van der Waals surface area contributed by atoms with Gasteiger partial charge in [0.15, 0.2) is 5.96 Å². The summed E-state index contributed by atoms with van der Waals surface area (Å²) in [4.78, 5) is 17.1. The number of rotatable bonds is 3. The van der Waals surface area contributed by atoms with Crippen LogP contribution in [0.3, 0.4) is 0 Å². The predicted octanol–water partition coefficient (Wildman–Crippen LogP) is 2.53. The van der Waals surface area contributed by atoms with Gasteiger partial charge in [0.2, 0.25) is 0 Å². The van der Waals surface area contributed by atoms with Crippen molar-refractivity contribution in [1.29, 1.82) is 5.41 Å². The van der Waals surface area contributed by atoms with Crippen LogP contribution in [0.15, 0.2) is 54.6 Å². The van der Waals surface area contributed by atoms with Gasteiger partial charge < -0.3 is 10.5 Å². The van der Waals surface area contributed by atoms with Gasteiger partial charge in [-0.25, -0.2) is 4.98 Å². The van der Waals surface area contributed by atoms with Crippen LogP contribution in [0.4, 0.5) is 0 Å². The molecule has 0 unspecified atom stereocenters. The van der Waals surface area contributed by atoms with Gasteiger partial charge in [0.25, 0.3) is 5.91 Å². The lowest BCUT2D eigenvalue weighted by Crippen LogP contribution is -2.35. The number of guanidine groups is 1. The Balaban J connectivity index is 2.23. The molecule has 1 aromatic heterocycles. The lowest BCUT2D eigenvalue weighted by molar-refractivity contribution is 0.0978. The van der Waals surface area contributed by atoms with Crippen LogP contribution >= 0.6 is 0 Å². The van der Waals surface area contributed by atoms with E-state index >= 15 is 0 Å². The number of benzene rings is 2. The number of nitrogens with two attached hydrogens (primary N) is 1. The Morgan fingerprint density at radius 1 is 1.17 bits per heavy atom. The van der Waals surface area contributed by atoms with Crippen molar-refractivity contribution < 1.29 is 9.53 Å². The van der Waals surface area contributed by atoms with Crippen molar-refractivity contribution in [2.24, 2.45) is 5.73 Å². The first-order valence-corrected chi connectivity index (χ1v) is 7.28. The zero-order chi connectivity index (χ0) is 17.1. The third kappa shape index (κ3) is 3.03. The Morgan fingerprint density at radius 2 is 1.92 bits per heavy atom. The summed E-state index contributed by atoms with van der Waals surface area (Å²) in [7, 11) is 1.56. The first-order chi connectivity index (χ1) is 11.6. The van der Waals surface area contributed by atoms with Crippen LogP contribution in [0.25, 0.3) is 22.2 Å². The van der Waals surface area contributed by atoms with Crippen LogP contribution in [-0.4, -0.2) is 24.0 Å². The maximum Gasteiger partial charge on any atom is 0.258 e. The highest BCUT2D eigenvalue weighted by atomic mass is 16.5. The molecule has 6 nitrogen and oxygen atoms in total. The number of pyridine rings is 1. The normalized spacial score (nSPS) is 10.4. The monoisotopic (exact) mass is 320 g/mol. The van der Waals surface area contributed by atoms with Crippen molar-refractivity contribution in [3.63, 3.8) is 0 Å². The SMILES string of the molecule is COc1ccc2nc(-c3ccccc3)cc(C(=O)NC(=N)N)c2c1. The number of methoxy groups -OCH3 is 1. The maximum atomic E-state index is 12.5. The zero-order valence-corrected chi connectivity index (χ0v) is 13.0. The summed E-state index contributed by atoms with van der Waals surface area (Å²) in [6.45, 7) is 0. The molecule has 120 valence electrons. The molecule has 0 aliphatic heterocycles. The molecular weight excluding hydrogens is 304 g/mol. The second-order valence-electron chi connectivity index (χ2n) is 5.17. The van der Waals surface area contributed by atoms with Gasteiger partial charge in [-0.05, 0) is 24.3 Å². The highest BCUT2D eigenvalue weighted by molar-refractivity contribution is 6.12. The number of ether oxygens (including phenoxy) is 1. The molecule has 0 bridgehead atoms. The zero-order valence-electron chi connectivity index (χ0n) is 13.0. The van der Waals surface area contributed by atoms with Crippen LogP contribution in [-0.2, 0) is 0 Å². The average molecular weight is 320 g/mol. The third-order valence-corrected chi connectivity index (χ3v) is 3.58. The minimum atomic E-state index is -0.458. The molecule has 0 aliphatic rings. The van der Waals surface area contributed by atoms with E-state index in [1.807, 2.05) is 30.3 Å². The van der Waals surface area contributed by atoms with Gasteiger partial charge in [0.1, 0.15) is 5.75 Å². The van der Waals surface area contributed by atoms with Gasteiger partial charge in [0, 0.05) is 10.9 Å². The number of hydrogen-bond donors (Lipinski definition) is 3. The molecule has 3 rings (SSSR count). The molecule has 1 heterocycles. The lowest BCUT2D eigenvalue weighted by Gasteiger charge is -2.11. The van der Waals surface area contributed by atoms with E-state index in [9.17, 15) is 4.79 Å². The topological polar surface area (TPSA) is 101 Å². The largest absolute Gasteiger partial charge is 0.497 e. The van der Waals surface area contributed by atoms with Crippen molar-refractivity contribution in [2.75, 3.05) is 7.11 Å². The van der Waals surface area contributed by atoms with E-state index in [-0.39, 0.29) is 0 Å². The number of amides is 1. The molecule has 0 spiro atoms. The van der Waals surface area contributed by atoms with Crippen molar-refractivity contribution in [3.8, 4) is 17.0 Å². The van der Waals surface area contributed by atoms with E-state index in [4.69, 9.17) is 15.9 Å². The van der Waals surface area contributed by atoms with Gasteiger partial charge in [-0.15, -0.1) is 0 Å². The van der Waals surface area contributed by atoms with E-state index < -0.39 is 11.9 Å². The van der Waals surface area contributed by atoms with Crippen molar-refractivity contribution in [2.45, 2.75) is 0 Å². The molecule has 0 radical (unpaired) electrons. The number of carbonyl (C=O) groups is 1. The number of aromatic nitrogens is 1. The highest BCUT2D eigenvalue weighted by Gasteiger charge is 2.15. The summed E-state index contributed by atoms with van der Waals surface area (Å²) in [5.41, 5.74) is 7.90. The third-order valence-electron chi connectivity index (χ3n) is 3.58. The van der Waals surface area contributed by atoms with Crippen LogP contribution in [0.1, 0.15) is 10.4 Å². The Labute approximate surface area is 138 Å². The smallest absolute Gasteiger partial charge is 0.258 e. The second-order valence-corrected chi connectivity index (χ2v) is 5.17. The number of hydrogen-bond acceptors (Lipinski definition) is 4. The summed E-state index contributed by atoms with van der Waals surface area (Å²) in [6, 6.07) is 16.6. The summed E-state index contributed by atoms with van der Waals surface area (Å²) < 4.78 is 5.23. The molecule has 24 heavy (non-hydrogen) atoms. The molecule has 0 saturated heterocycles. The van der Waals surface area contributed by atoms with E-state index in [0.717, 1.165) is 5.56 Å². The fourth-order valence-corrected chi connectivity index (χ4v) is 2.47. The van der Waals surface area contributed by atoms with Gasteiger partial charge >= 0.3 is 0 Å². The molecule has 0 atom stereocenters. The molecule has 1 amide bonds. The second kappa shape index (κ2) is 6.37. The highest BCUT2D eigenvalue weighted by Crippen LogP contribution is 2.27. The van der Waals surface area contributed by atoms with E-state index in [2.05, 4.69) is 10.3 Å². The Hall–Kier alpha value is -3.41. The minimum Gasteiger partial charge on any atom is -0.497 e. The number of nitrogens with one attached hydrogen (secondary N) is 2. The number of fused-ring (bicyclic) bond motifs is 1. The van der Waals surface area contributed by atoms with Crippen molar-refractivity contribution in [3.05, 3.63) is 60.2 Å². The van der Waals surface area contributed by atoms with Crippen molar-refractivity contribution in [1.82, 2.24) is 10.3 Å². The quantitative estimate of drug-likeness (QED) is 0.510. The fourth-order valence-electron chi connectivity index (χ4n) is 2.47. The summed E-state index contributed by atoms with van der Waals surface area (Å²) in [5, 5.41) is 10.2. The molecular formula is C18H16N4O2. The van der Waals surface area contributed by atoms with Crippen LogP contribution in [0.2, 0.25) is 0 Å². The number of nitrogens with zero attached hydrogens (tertiary/aromatic N) is 1. The van der Waals surface area contributed by atoms with Crippen LogP contribution in [0, 0.1) is 5.41 Å². The predicted molar refractivity (Wildman–Crippen MR) is 93.1 cm³/mol. The summed E-state index contributed by atoms with van der Waals surface area (Å²) >= 11 is 0. The van der Waals surface area contributed by atoms with E-state index in [1.165, 1.54) is 0 Å². The van der Waals surface area contributed by atoms with Crippen LogP contribution in [0.5, 0.6) is 5.75 Å². The average Bonchev–Trinajstić information content (AvgIpc) is 2.60. The van der Waals surface area contributed by atoms with Crippen LogP contribution < -0.4 is 15.8 Å². The molecule has 0 fully saturated rings. The fraction of sp³-hybridized carbons (Fsp3) is 0.0556. The lowest BCUT2D eigenvalue weighted by atomic mass is 10.0. The van der Waals surface area contributed by atoms with Gasteiger partial charge in [0.05, 0.1) is 23.9 Å². The molecule has 3 aromatic rings. The maximum absolute atomic E-state index is 12.5. The molecule has 0 saturated carbocycles. The van der Waals surface area contributed by atoms with Gasteiger partial charge in [-0.1, -0.05) is 30.3 Å².